The van der Waals surface area contributed by atoms with Crippen LogP contribution in [-0.2, 0) is 25.3 Å². The van der Waals surface area contributed by atoms with Gasteiger partial charge in [0.05, 0.1) is 17.9 Å². The van der Waals surface area contributed by atoms with Gasteiger partial charge in [0, 0.05) is 40.3 Å². The number of piperidine rings is 1. The van der Waals surface area contributed by atoms with Gasteiger partial charge in [-0.15, -0.1) is 0 Å². The summed E-state index contributed by atoms with van der Waals surface area (Å²) in [5.74, 6) is -1.19. The number of hydrogen-bond acceptors (Lipinski definition) is 5. The Morgan fingerprint density at radius 3 is 2.22 bits per heavy atom. The number of esters is 1. The fourth-order valence-corrected chi connectivity index (χ4v) is 5.80. The molecule has 0 spiro atoms. The van der Waals surface area contributed by atoms with Gasteiger partial charge in [0.15, 0.2) is 0 Å². The van der Waals surface area contributed by atoms with Gasteiger partial charge >= 0.3 is 5.97 Å². The molecule has 1 N–H and O–H groups in total. The first kappa shape index (κ1) is 24.5. The lowest BCUT2D eigenvalue weighted by Gasteiger charge is -2.30. The zero-order chi connectivity index (χ0) is 23.3. The Hall–Kier alpha value is -2.13. The second kappa shape index (κ2) is 10.7. The Morgan fingerprint density at radius 2 is 1.66 bits per heavy atom. The lowest BCUT2D eigenvalue weighted by atomic mass is 9.97. The smallest absolute Gasteiger partial charge is 0.338 e. The van der Waals surface area contributed by atoms with Crippen molar-refractivity contribution in [3.63, 3.8) is 0 Å². The molecule has 2 aromatic carbocycles. The maximum Gasteiger partial charge on any atom is 0.338 e. The summed E-state index contributed by atoms with van der Waals surface area (Å²) in [6, 6.07) is 11.3. The third-order valence-electron chi connectivity index (χ3n) is 5.27. The standard InChI is InChI=1S/C22H24Cl2N2O5S/c1-2-31-22(28)16-6-8-17(9-7-16)25-21(27)15-10-12-26(13-11-15)32(29,30)14-18-19(23)4-3-5-20(18)24/h3-9,15H,2,10-14H2,1H3,(H,25,27). The summed E-state index contributed by atoms with van der Waals surface area (Å²) in [6.07, 6.45) is 0.810. The van der Waals surface area contributed by atoms with Gasteiger partial charge in [0.25, 0.3) is 0 Å². The number of benzene rings is 2. The molecule has 172 valence electrons. The highest BCUT2D eigenvalue weighted by atomic mass is 35.5. The number of halogens is 2. The van der Waals surface area contributed by atoms with Crippen molar-refractivity contribution in [1.29, 1.82) is 0 Å². The maximum atomic E-state index is 12.8. The van der Waals surface area contributed by atoms with Crippen LogP contribution in [0.1, 0.15) is 35.7 Å². The lowest BCUT2D eigenvalue weighted by Crippen LogP contribution is -2.42. The summed E-state index contributed by atoms with van der Waals surface area (Å²) >= 11 is 12.2. The predicted molar refractivity (Wildman–Crippen MR) is 124 cm³/mol. The summed E-state index contributed by atoms with van der Waals surface area (Å²) in [4.78, 5) is 24.3. The van der Waals surface area contributed by atoms with E-state index in [0.717, 1.165) is 0 Å². The maximum absolute atomic E-state index is 12.8. The molecule has 7 nitrogen and oxygen atoms in total. The largest absolute Gasteiger partial charge is 0.462 e. The topological polar surface area (TPSA) is 92.8 Å². The van der Waals surface area contributed by atoms with Crippen LogP contribution in [0.3, 0.4) is 0 Å². The van der Waals surface area contributed by atoms with Crippen LogP contribution < -0.4 is 5.32 Å². The Labute approximate surface area is 197 Å². The van der Waals surface area contributed by atoms with Gasteiger partial charge in [0.2, 0.25) is 15.9 Å². The number of hydrogen-bond donors (Lipinski definition) is 1. The van der Waals surface area contributed by atoms with Crippen molar-refractivity contribution < 1.29 is 22.7 Å². The van der Waals surface area contributed by atoms with E-state index in [2.05, 4.69) is 5.32 Å². The van der Waals surface area contributed by atoms with E-state index in [1.54, 1.807) is 49.4 Å². The number of sulfonamides is 1. The minimum absolute atomic E-state index is 0.180. The van der Waals surface area contributed by atoms with Crippen molar-refractivity contribution >= 4 is 50.8 Å². The van der Waals surface area contributed by atoms with Crippen molar-refractivity contribution in [3.8, 4) is 0 Å². The Kier molecular flexibility index (Phi) is 8.16. The highest BCUT2D eigenvalue weighted by Crippen LogP contribution is 2.29. The van der Waals surface area contributed by atoms with Crippen molar-refractivity contribution in [3.05, 3.63) is 63.6 Å². The average Bonchev–Trinajstić information content (AvgIpc) is 2.77. The van der Waals surface area contributed by atoms with Gasteiger partial charge in [-0.3, -0.25) is 4.79 Å². The summed E-state index contributed by atoms with van der Waals surface area (Å²) in [5.41, 5.74) is 1.34. The number of anilines is 1. The molecule has 0 radical (unpaired) electrons. The quantitative estimate of drug-likeness (QED) is 0.572. The number of nitrogens with one attached hydrogen (secondary N) is 1. The second-order valence-electron chi connectivity index (χ2n) is 7.42. The van der Waals surface area contributed by atoms with E-state index in [9.17, 15) is 18.0 Å². The molecule has 1 amide bonds. The summed E-state index contributed by atoms with van der Waals surface area (Å²) < 4.78 is 32.0. The fraction of sp³-hybridized carbons (Fsp3) is 0.364. The van der Waals surface area contributed by atoms with E-state index in [1.165, 1.54) is 4.31 Å². The molecule has 0 unspecified atom stereocenters. The lowest BCUT2D eigenvalue weighted by molar-refractivity contribution is -0.120. The first-order valence-electron chi connectivity index (χ1n) is 10.2. The Morgan fingerprint density at radius 1 is 1.06 bits per heavy atom. The van der Waals surface area contributed by atoms with Gasteiger partial charge in [0.1, 0.15) is 0 Å². The molecule has 1 heterocycles. The molecule has 1 aliphatic rings. The molecule has 0 bridgehead atoms. The molecule has 2 aromatic rings. The normalized spacial score (nSPS) is 15.3. The van der Waals surface area contributed by atoms with E-state index < -0.39 is 16.0 Å². The van der Waals surface area contributed by atoms with Gasteiger partial charge < -0.3 is 10.1 Å². The fourth-order valence-electron chi connectivity index (χ4n) is 3.49. The van der Waals surface area contributed by atoms with Crippen LogP contribution in [0.25, 0.3) is 0 Å². The van der Waals surface area contributed by atoms with Gasteiger partial charge in [-0.1, -0.05) is 29.3 Å². The highest BCUT2D eigenvalue weighted by Gasteiger charge is 2.32. The number of nitrogens with zero attached hydrogens (tertiary/aromatic N) is 1. The van der Waals surface area contributed by atoms with E-state index in [1.807, 2.05) is 0 Å². The molecular weight excluding hydrogens is 475 g/mol. The van der Waals surface area contributed by atoms with E-state index in [0.29, 0.717) is 39.7 Å². The van der Waals surface area contributed by atoms with Crippen LogP contribution >= 0.6 is 23.2 Å². The van der Waals surface area contributed by atoms with E-state index >= 15 is 0 Å². The molecule has 0 aromatic heterocycles. The van der Waals surface area contributed by atoms with Gasteiger partial charge in [-0.05, 0) is 56.2 Å². The molecule has 3 rings (SSSR count). The van der Waals surface area contributed by atoms with Crippen molar-refractivity contribution in [1.82, 2.24) is 4.31 Å². The molecule has 0 saturated carbocycles. The molecule has 10 heteroatoms. The summed E-state index contributed by atoms with van der Waals surface area (Å²) in [6.45, 7) is 2.50. The minimum atomic E-state index is -3.62. The zero-order valence-electron chi connectivity index (χ0n) is 17.5. The van der Waals surface area contributed by atoms with Gasteiger partial charge in [-0.2, -0.15) is 0 Å². The Balaban J connectivity index is 1.55. The molecule has 1 saturated heterocycles. The van der Waals surface area contributed by atoms with Crippen LogP contribution in [0.4, 0.5) is 5.69 Å². The van der Waals surface area contributed by atoms with E-state index in [-0.39, 0.29) is 37.3 Å². The summed E-state index contributed by atoms with van der Waals surface area (Å²) in [5, 5.41) is 3.44. The van der Waals surface area contributed by atoms with Crippen LogP contribution in [0.5, 0.6) is 0 Å². The minimum Gasteiger partial charge on any atom is -0.462 e. The van der Waals surface area contributed by atoms with Crippen molar-refractivity contribution in [2.75, 3.05) is 25.0 Å². The van der Waals surface area contributed by atoms with Crippen LogP contribution in [0.2, 0.25) is 10.0 Å². The van der Waals surface area contributed by atoms with E-state index in [4.69, 9.17) is 27.9 Å². The van der Waals surface area contributed by atoms with Crippen LogP contribution in [0, 0.1) is 5.92 Å². The zero-order valence-corrected chi connectivity index (χ0v) is 19.8. The van der Waals surface area contributed by atoms with Gasteiger partial charge in [-0.25, -0.2) is 17.5 Å². The predicted octanol–water partition coefficient (Wildman–Crippen LogP) is 4.35. The monoisotopic (exact) mass is 498 g/mol. The number of carbonyl (C=O) groups is 2. The van der Waals surface area contributed by atoms with Crippen molar-refractivity contribution in [2.24, 2.45) is 5.92 Å². The molecule has 1 aliphatic heterocycles. The molecule has 32 heavy (non-hydrogen) atoms. The average molecular weight is 499 g/mol. The molecule has 0 aliphatic carbocycles. The van der Waals surface area contributed by atoms with Crippen molar-refractivity contribution in [2.45, 2.75) is 25.5 Å². The number of amides is 1. The second-order valence-corrected chi connectivity index (χ2v) is 10.2. The SMILES string of the molecule is CCOC(=O)c1ccc(NC(=O)C2CCN(S(=O)(=O)Cc3c(Cl)cccc3Cl)CC2)cc1. The first-order chi connectivity index (χ1) is 15.2. The number of rotatable bonds is 7. The molecule has 1 fully saturated rings. The van der Waals surface area contributed by atoms with Crippen LogP contribution in [-0.4, -0.2) is 44.3 Å². The number of carbonyl (C=O) groups excluding carboxylic acids is 2. The highest BCUT2D eigenvalue weighted by molar-refractivity contribution is 7.88. The summed E-state index contributed by atoms with van der Waals surface area (Å²) in [7, 11) is -3.62. The molecule has 0 atom stereocenters. The van der Waals surface area contributed by atoms with Crippen LogP contribution in [0.15, 0.2) is 42.5 Å². The third kappa shape index (κ3) is 6.01. The Bertz CT molecular complexity index is 1060. The third-order valence-corrected chi connectivity index (χ3v) is 7.78. The first-order valence-corrected chi connectivity index (χ1v) is 12.6. The number of ether oxygens (including phenoxy) is 1. The molecular formula is C22H24Cl2N2O5S.